The predicted octanol–water partition coefficient (Wildman–Crippen LogP) is 1.54. The van der Waals surface area contributed by atoms with Crippen LogP contribution in [0.4, 0.5) is 4.79 Å². The van der Waals surface area contributed by atoms with Crippen LogP contribution < -0.4 is 0 Å². The molecule has 0 aromatic heterocycles. The molecule has 2 unspecified atom stereocenters. The molecular formula is C14H24N2O4. The normalized spacial score (nSPS) is 26.2. The molecule has 6 heteroatoms. The number of nitrogens with zero attached hydrogens (tertiary/aromatic N) is 2. The Hall–Kier alpha value is -1.30. The van der Waals surface area contributed by atoms with Gasteiger partial charge >= 0.3 is 12.0 Å². The van der Waals surface area contributed by atoms with E-state index in [9.17, 15) is 14.7 Å². The van der Waals surface area contributed by atoms with Crippen LogP contribution in [0.2, 0.25) is 0 Å². The number of hydrogen-bond donors (Lipinski definition) is 1. The van der Waals surface area contributed by atoms with Gasteiger partial charge in [0.2, 0.25) is 0 Å². The average molecular weight is 284 g/mol. The van der Waals surface area contributed by atoms with Crippen LogP contribution in [0.3, 0.4) is 0 Å². The second-order valence-electron chi connectivity index (χ2n) is 5.99. The summed E-state index contributed by atoms with van der Waals surface area (Å²) in [6.07, 6.45) is 3.12. The molecule has 1 aliphatic heterocycles. The van der Waals surface area contributed by atoms with Crippen LogP contribution in [0.25, 0.3) is 0 Å². The molecule has 1 aliphatic carbocycles. The Morgan fingerprint density at radius 3 is 2.70 bits per heavy atom. The van der Waals surface area contributed by atoms with Gasteiger partial charge in [-0.25, -0.2) is 9.59 Å². The molecular weight excluding hydrogens is 260 g/mol. The van der Waals surface area contributed by atoms with Crippen molar-refractivity contribution in [2.24, 2.45) is 0 Å². The van der Waals surface area contributed by atoms with Gasteiger partial charge in [0.15, 0.2) is 0 Å². The second kappa shape index (κ2) is 5.60. The third-order valence-electron chi connectivity index (χ3n) is 4.47. The molecule has 2 fully saturated rings. The summed E-state index contributed by atoms with van der Waals surface area (Å²) >= 11 is 0. The molecule has 0 aromatic rings. The highest BCUT2D eigenvalue weighted by Gasteiger charge is 2.44. The zero-order valence-corrected chi connectivity index (χ0v) is 12.5. The fourth-order valence-corrected chi connectivity index (χ4v) is 3.20. The molecule has 1 N–H and O–H groups in total. The standard InChI is InChI=1S/C14H24N2O4/c1-4-16(14(2,3)12(17)18)13(19)15-8-9-20-11-7-5-6-10(11)15/h10-11H,4-9H2,1-3H3,(H,17,18). The maximum absolute atomic E-state index is 12.8. The van der Waals surface area contributed by atoms with Crippen molar-refractivity contribution in [2.75, 3.05) is 19.7 Å². The molecule has 1 heterocycles. The quantitative estimate of drug-likeness (QED) is 0.853. The maximum Gasteiger partial charge on any atom is 0.329 e. The van der Waals surface area contributed by atoms with Gasteiger partial charge in [0.1, 0.15) is 5.54 Å². The summed E-state index contributed by atoms with van der Waals surface area (Å²) in [5.74, 6) is -0.982. The monoisotopic (exact) mass is 284 g/mol. The lowest BCUT2D eigenvalue weighted by Gasteiger charge is -2.43. The first-order valence-corrected chi connectivity index (χ1v) is 7.32. The van der Waals surface area contributed by atoms with Gasteiger partial charge in [0.05, 0.1) is 18.8 Å². The Bertz CT molecular complexity index is 397. The summed E-state index contributed by atoms with van der Waals surface area (Å²) in [5.41, 5.74) is -1.20. The highest BCUT2D eigenvalue weighted by Crippen LogP contribution is 2.31. The third-order valence-corrected chi connectivity index (χ3v) is 4.47. The van der Waals surface area contributed by atoms with Gasteiger partial charge in [-0.05, 0) is 40.0 Å². The fourth-order valence-electron chi connectivity index (χ4n) is 3.20. The SMILES string of the molecule is CCN(C(=O)N1CCOC2CCCC21)C(C)(C)C(=O)O. The molecule has 2 rings (SSSR count). The van der Waals surface area contributed by atoms with Gasteiger partial charge in [-0.3, -0.25) is 0 Å². The molecule has 2 aliphatic rings. The smallest absolute Gasteiger partial charge is 0.329 e. The first-order valence-electron chi connectivity index (χ1n) is 7.32. The van der Waals surface area contributed by atoms with Crippen molar-refractivity contribution in [3.05, 3.63) is 0 Å². The number of rotatable bonds is 3. The number of ether oxygens (including phenoxy) is 1. The maximum atomic E-state index is 12.8. The van der Waals surface area contributed by atoms with Crippen molar-refractivity contribution in [1.29, 1.82) is 0 Å². The van der Waals surface area contributed by atoms with E-state index in [2.05, 4.69) is 0 Å². The zero-order valence-electron chi connectivity index (χ0n) is 12.5. The molecule has 1 saturated heterocycles. The molecule has 6 nitrogen and oxygen atoms in total. The predicted molar refractivity (Wildman–Crippen MR) is 73.6 cm³/mol. The molecule has 0 radical (unpaired) electrons. The molecule has 114 valence electrons. The van der Waals surface area contributed by atoms with Crippen molar-refractivity contribution >= 4 is 12.0 Å². The van der Waals surface area contributed by atoms with Crippen LogP contribution in [0.15, 0.2) is 0 Å². The molecule has 0 bridgehead atoms. The molecule has 0 spiro atoms. The van der Waals surface area contributed by atoms with E-state index >= 15 is 0 Å². The van der Waals surface area contributed by atoms with Crippen LogP contribution in [0.5, 0.6) is 0 Å². The first-order chi connectivity index (χ1) is 9.39. The van der Waals surface area contributed by atoms with Crippen LogP contribution in [-0.2, 0) is 9.53 Å². The lowest BCUT2D eigenvalue weighted by molar-refractivity contribution is -0.148. The summed E-state index contributed by atoms with van der Waals surface area (Å²) in [4.78, 5) is 27.4. The number of amides is 2. The summed E-state index contributed by atoms with van der Waals surface area (Å²) in [6.45, 7) is 6.43. The topological polar surface area (TPSA) is 70.1 Å². The van der Waals surface area contributed by atoms with Gasteiger partial charge in [-0.2, -0.15) is 0 Å². The van der Waals surface area contributed by atoms with Crippen molar-refractivity contribution in [3.8, 4) is 0 Å². The largest absolute Gasteiger partial charge is 0.480 e. The van der Waals surface area contributed by atoms with E-state index in [-0.39, 0.29) is 18.2 Å². The number of likely N-dealkylation sites (N-methyl/N-ethyl adjacent to an activating group) is 1. The van der Waals surface area contributed by atoms with Gasteiger partial charge in [-0.15, -0.1) is 0 Å². The Morgan fingerprint density at radius 1 is 1.40 bits per heavy atom. The number of fused-ring (bicyclic) bond motifs is 1. The van der Waals surface area contributed by atoms with Crippen molar-refractivity contribution in [2.45, 2.75) is 57.7 Å². The fraction of sp³-hybridized carbons (Fsp3) is 0.857. The Morgan fingerprint density at radius 2 is 2.10 bits per heavy atom. The first kappa shape index (κ1) is 15.1. The average Bonchev–Trinajstić information content (AvgIpc) is 2.86. The number of carbonyl (C=O) groups is 2. The Kier molecular flexibility index (Phi) is 4.22. The minimum absolute atomic E-state index is 0.106. The van der Waals surface area contributed by atoms with Gasteiger partial charge in [0, 0.05) is 13.1 Å². The number of carboxylic acid groups (broad SMARTS) is 1. The van der Waals surface area contributed by atoms with Gasteiger partial charge < -0.3 is 19.6 Å². The van der Waals surface area contributed by atoms with E-state index in [0.717, 1.165) is 19.3 Å². The number of carboxylic acids is 1. The van der Waals surface area contributed by atoms with E-state index in [4.69, 9.17) is 4.74 Å². The lowest BCUT2D eigenvalue weighted by Crippen LogP contribution is -2.61. The van der Waals surface area contributed by atoms with Crippen molar-refractivity contribution in [3.63, 3.8) is 0 Å². The van der Waals surface area contributed by atoms with Crippen LogP contribution in [-0.4, -0.2) is 64.3 Å². The second-order valence-corrected chi connectivity index (χ2v) is 5.99. The van der Waals surface area contributed by atoms with Crippen molar-refractivity contribution < 1.29 is 19.4 Å². The van der Waals surface area contributed by atoms with Gasteiger partial charge in [-0.1, -0.05) is 0 Å². The lowest BCUT2D eigenvalue weighted by atomic mass is 10.0. The summed E-state index contributed by atoms with van der Waals surface area (Å²) < 4.78 is 5.70. The highest BCUT2D eigenvalue weighted by molar-refractivity contribution is 5.85. The number of aliphatic carboxylic acids is 1. The van der Waals surface area contributed by atoms with Crippen molar-refractivity contribution in [1.82, 2.24) is 9.80 Å². The zero-order chi connectivity index (χ0) is 14.9. The molecule has 2 amide bonds. The Balaban J connectivity index is 2.18. The summed E-state index contributed by atoms with van der Waals surface area (Å²) in [7, 11) is 0. The van der Waals surface area contributed by atoms with E-state index in [0.29, 0.717) is 19.7 Å². The van der Waals surface area contributed by atoms with Crippen LogP contribution in [0.1, 0.15) is 40.0 Å². The summed E-state index contributed by atoms with van der Waals surface area (Å²) in [6, 6.07) is -0.0741. The van der Waals surface area contributed by atoms with E-state index in [1.807, 2.05) is 11.8 Å². The molecule has 20 heavy (non-hydrogen) atoms. The van der Waals surface area contributed by atoms with Crippen LogP contribution in [0, 0.1) is 0 Å². The third kappa shape index (κ3) is 2.49. The van der Waals surface area contributed by atoms with Gasteiger partial charge in [0.25, 0.3) is 0 Å². The van der Waals surface area contributed by atoms with E-state index < -0.39 is 11.5 Å². The van der Waals surface area contributed by atoms with Crippen LogP contribution >= 0.6 is 0 Å². The minimum Gasteiger partial charge on any atom is -0.480 e. The number of urea groups is 1. The number of carbonyl (C=O) groups excluding carboxylic acids is 1. The Labute approximate surface area is 119 Å². The molecule has 1 saturated carbocycles. The van der Waals surface area contributed by atoms with E-state index in [1.54, 1.807) is 13.8 Å². The number of hydrogen-bond acceptors (Lipinski definition) is 3. The molecule has 2 atom stereocenters. The minimum atomic E-state index is -1.20. The summed E-state index contributed by atoms with van der Waals surface area (Å²) in [5, 5.41) is 9.34. The number of morpholine rings is 1. The highest BCUT2D eigenvalue weighted by atomic mass is 16.5. The van der Waals surface area contributed by atoms with E-state index in [1.165, 1.54) is 4.90 Å². The molecule has 0 aromatic carbocycles.